The van der Waals surface area contributed by atoms with E-state index in [2.05, 4.69) is 23.9 Å². The molecule has 1 aliphatic rings. The van der Waals surface area contributed by atoms with E-state index in [1.807, 2.05) is 11.0 Å². The molecule has 0 saturated carbocycles. The first-order valence-corrected chi connectivity index (χ1v) is 5.58. The van der Waals surface area contributed by atoms with Crippen LogP contribution in [0, 0.1) is 0 Å². The zero-order valence-corrected chi connectivity index (χ0v) is 9.76. The van der Waals surface area contributed by atoms with E-state index in [-0.39, 0.29) is 5.91 Å². The van der Waals surface area contributed by atoms with Crippen molar-refractivity contribution < 1.29 is 4.79 Å². The second kappa shape index (κ2) is 4.61. The van der Waals surface area contributed by atoms with Crippen LogP contribution in [0.2, 0.25) is 0 Å². The summed E-state index contributed by atoms with van der Waals surface area (Å²) in [4.78, 5) is 20.3. The lowest BCUT2D eigenvalue weighted by molar-refractivity contribution is 0.0572. The topological polar surface area (TPSA) is 36.4 Å². The van der Waals surface area contributed by atoms with Gasteiger partial charge in [-0.15, -0.1) is 0 Å². The highest BCUT2D eigenvalue weighted by atomic mass is 16.2. The van der Waals surface area contributed by atoms with Crippen molar-refractivity contribution in [1.29, 1.82) is 0 Å². The van der Waals surface area contributed by atoms with Gasteiger partial charge in [0.25, 0.3) is 5.91 Å². The molecule has 0 N–H and O–H groups in total. The number of amides is 1. The van der Waals surface area contributed by atoms with Gasteiger partial charge >= 0.3 is 0 Å². The summed E-state index contributed by atoms with van der Waals surface area (Å²) in [5.74, 6) is 0.0908. The van der Waals surface area contributed by atoms with Gasteiger partial charge < -0.3 is 9.80 Å². The molecule has 1 saturated heterocycles. The normalized spacial score (nSPS) is 22.1. The lowest BCUT2D eigenvalue weighted by Crippen LogP contribution is -2.52. The van der Waals surface area contributed by atoms with Gasteiger partial charge in [-0.1, -0.05) is 0 Å². The number of piperazine rings is 1. The van der Waals surface area contributed by atoms with Gasteiger partial charge in [0, 0.05) is 38.1 Å². The van der Waals surface area contributed by atoms with Gasteiger partial charge in [0.2, 0.25) is 0 Å². The number of pyridine rings is 1. The van der Waals surface area contributed by atoms with E-state index in [9.17, 15) is 4.79 Å². The first-order valence-electron chi connectivity index (χ1n) is 5.58. The summed E-state index contributed by atoms with van der Waals surface area (Å²) < 4.78 is 0. The summed E-state index contributed by atoms with van der Waals surface area (Å²) in [6.45, 7) is 4.68. The van der Waals surface area contributed by atoms with Gasteiger partial charge in [-0.25, -0.2) is 0 Å². The van der Waals surface area contributed by atoms with Gasteiger partial charge in [0.05, 0.1) is 5.56 Å². The minimum atomic E-state index is 0.0908. The molecule has 1 fully saturated rings. The average Bonchev–Trinajstić information content (AvgIpc) is 2.33. The molecule has 2 rings (SSSR count). The number of aromatic nitrogens is 1. The third-order valence-corrected chi connectivity index (χ3v) is 3.16. The summed E-state index contributed by atoms with van der Waals surface area (Å²) in [5.41, 5.74) is 0.680. The Morgan fingerprint density at radius 2 is 2.31 bits per heavy atom. The molecule has 1 atom stereocenters. The van der Waals surface area contributed by atoms with Crippen LogP contribution in [0.1, 0.15) is 17.3 Å². The fourth-order valence-corrected chi connectivity index (χ4v) is 1.90. The average molecular weight is 219 g/mol. The molecule has 0 aliphatic carbocycles. The number of likely N-dealkylation sites (N-methyl/N-ethyl adjacent to an activating group) is 1. The van der Waals surface area contributed by atoms with Crippen LogP contribution < -0.4 is 0 Å². The van der Waals surface area contributed by atoms with Gasteiger partial charge in [-0.3, -0.25) is 9.78 Å². The largest absolute Gasteiger partial charge is 0.336 e. The van der Waals surface area contributed by atoms with Crippen molar-refractivity contribution in [3.05, 3.63) is 30.1 Å². The van der Waals surface area contributed by atoms with E-state index in [1.165, 1.54) is 0 Å². The van der Waals surface area contributed by atoms with Crippen molar-refractivity contribution in [2.24, 2.45) is 0 Å². The van der Waals surface area contributed by atoms with Crippen molar-refractivity contribution >= 4 is 5.91 Å². The van der Waals surface area contributed by atoms with Crippen molar-refractivity contribution in [1.82, 2.24) is 14.8 Å². The summed E-state index contributed by atoms with van der Waals surface area (Å²) in [6.07, 6.45) is 3.31. The molecule has 1 amide bonds. The number of rotatable bonds is 1. The van der Waals surface area contributed by atoms with Gasteiger partial charge in [-0.05, 0) is 26.1 Å². The second-order valence-corrected chi connectivity index (χ2v) is 4.32. The molecule has 4 nitrogen and oxygen atoms in total. The number of carbonyl (C=O) groups is 1. The van der Waals surface area contributed by atoms with Crippen LogP contribution in [0.5, 0.6) is 0 Å². The maximum Gasteiger partial charge on any atom is 0.255 e. The summed E-state index contributed by atoms with van der Waals surface area (Å²) >= 11 is 0. The fraction of sp³-hybridized carbons (Fsp3) is 0.500. The van der Waals surface area contributed by atoms with Crippen LogP contribution in [-0.4, -0.2) is 53.4 Å². The van der Waals surface area contributed by atoms with E-state index in [4.69, 9.17) is 0 Å². The summed E-state index contributed by atoms with van der Waals surface area (Å²) in [5, 5.41) is 0. The highest BCUT2D eigenvalue weighted by Crippen LogP contribution is 2.10. The Kier molecular flexibility index (Phi) is 3.19. The SMILES string of the molecule is CC1CN(C(=O)c2cccnc2)CCN1C. The molecule has 1 unspecified atom stereocenters. The van der Waals surface area contributed by atoms with Crippen LogP contribution in [-0.2, 0) is 0 Å². The fourth-order valence-electron chi connectivity index (χ4n) is 1.90. The Balaban J connectivity index is 2.06. The monoisotopic (exact) mass is 219 g/mol. The minimum absolute atomic E-state index is 0.0908. The van der Waals surface area contributed by atoms with E-state index in [0.717, 1.165) is 19.6 Å². The molecular weight excluding hydrogens is 202 g/mol. The number of hydrogen-bond acceptors (Lipinski definition) is 3. The lowest BCUT2D eigenvalue weighted by atomic mass is 10.1. The third-order valence-electron chi connectivity index (χ3n) is 3.16. The molecular formula is C12H17N3O. The van der Waals surface area contributed by atoms with Gasteiger partial charge in [0.15, 0.2) is 0 Å². The Hall–Kier alpha value is -1.42. The van der Waals surface area contributed by atoms with Crippen LogP contribution in [0.15, 0.2) is 24.5 Å². The molecule has 0 aromatic carbocycles. The van der Waals surface area contributed by atoms with Crippen molar-refractivity contribution in [2.75, 3.05) is 26.7 Å². The number of hydrogen-bond donors (Lipinski definition) is 0. The summed E-state index contributed by atoms with van der Waals surface area (Å²) in [6, 6.07) is 4.04. The second-order valence-electron chi connectivity index (χ2n) is 4.32. The van der Waals surface area contributed by atoms with E-state index in [0.29, 0.717) is 11.6 Å². The molecule has 1 aliphatic heterocycles. The van der Waals surface area contributed by atoms with Crippen molar-refractivity contribution in [2.45, 2.75) is 13.0 Å². The van der Waals surface area contributed by atoms with Crippen LogP contribution in [0.4, 0.5) is 0 Å². The Bertz CT molecular complexity index is 366. The predicted octanol–water partition coefficient (Wildman–Crippen LogP) is 0.858. The number of nitrogens with zero attached hydrogens (tertiary/aromatic N) is 3. The van der Waals surface area contributed by atoms with Crippen LogP contribution in [0.25, 0.3) is 0 Å². The zero-order valence-electron chi connectivity index (χ0n) is 9.76. The molecule has 0 bridgehead atoms. The Morgan fingerprint density at radius 1 is 1.50 bits per heavy atom. The van der Waals surface area contributed by atoms with Gasteiger partial charge in [-0.2, -0.15) is 0 Å². The highest BCUT2D eigenvalue weighted by molar-refractivity contribution is 5.93. The van der Waals surface area contributed by atoms with Crippen molar-refractivity contribution in [3.8, 4) is 0 Å². The van der Waals surface area contributed by atoms with Crippen LogP contribution in [0.3, 0.4) is 0 Å². The number of carbonyl (C=O) groups excluding carboxylic acids is 1. The Labute approximate surface area is 95.9 Å². The molecule has 4 heteroatoms. The lowest BCUT2D eigenvalue weighted by Gasteiger charge is -2.37. The molecule has 1 aromatic rings. The quantitative estimate of drug-likeness (QED) is 0.703. The smallest absolute Gasteiger partial charge is 0.255 e. The molecule has 1 aromatic heterocycles. The zero-order chi connectivity index (χ0) is 11.5. The molecule has 86 valence electrons. The molecule has 0 spiro atoms. The van der Waals surface area contributed by atoms with Crippen LogP contribution >= 0.6 is 0 Å². The molecule has 2 heterocycles. The third kappa shape index (κ3) is 2.22. The summed E-state index contributed by atoms with van der Waals surface area (Å²) in [7, 11) is 2.09. The van der Waals surface area contributed by atoms with Gasteiger partial charge in [0.1, 0.15) is 0 Å². The molecule has 0 radical (unpaired) electrons. The first kappa shape index (κ1) is 11.1. The standard InChI is InChI=1S/C12H17N3O/c1-10-9-15(7-6-14(10)2)12(16)11-4-3-5-13-8-11/h3-5,8,10H,6-7,9H2,1-2H3. The first-order chi connectivity index (χ1) is 7.68. The van der Waals surface area contributed by atoms with Crippen molar-refractivity contribution in [3.63, 3.8) is 0 Å². The highest BCUT2D eigenvalue weighted by Gasteiger charge is 2.24. The molecule has 16 heavy (non-hydrogen) atoms. The Morgan fingerprint density at radius 3 is 2.94 bits per heavy atom. The van der Waals surface area contributed by atoms with E-state index in [1.54, 1.807) is 18.5 Å². The predicted molar refractivity (Wildman–Crippen MR) is 62.2 cm³/mol. The maximum atomic E-state index is 12.1. The van der Waals surface area contributed by atoms with E-state index >= 15 is 0 Å². The van der Waals surface area contributed by atoms with E-state index < -0.39 is 0 Å². The maximum absolute atomic E-state index is 12.1. The minimum Gasteiger partial charge on any atom is -0.336 e.